The average Bonchev–Trinajstić information content (AvgIpc) is 3.11. The minimum absolute atomic E-state index is 0.452. The highest BCUT2D eigenvalue weighted by atomic mass is 15.3. The van der Waals surface area contributed by atoms with Crippen LogP contribution in [0.4, 0.5) is 11.8 Å². The maximum absolute atomic E-state index is 4.57. The highest BCUT2D eigenvalue weighted by Gasteiger charge is 2.25. The molecule has 3 aromatic heterocycles. The van der Waals surface area contributed by atoms with Gasteiger partial charge in [-0.15, -0.1) is 0 Å². The highest BCUT2D eigenvalue weighted by Crippen LogP contribution is 2.25. The Hall–Kier alpha value is -2.70. The standard InChI is InChI=1S/C17H21N7/c1-13-11-19-17(20-12-13)22(2)14-4-8-23(9-5-14)16-15-3-6-21-24(15)10-7-18-16/h3,6-7,10-12,14H,4-5,8-9H2,1-2H3. The van der Waals surface area contributed by atoms with Crippen molar-refractivity contribution in [2.45, 2.75) is 25.8 Å². The van der Waals surface area contributed by atoms with Gasteiger partial charge in [-0.25, -0.2) is 19.5 Å². The second kappa shape index (κ2) is 6.07. The van der Waals surface area contributed by atoms with Gasteiger partial charge in [-0.05, 0) is 31.4 Å². The van der Waals surface area contributed by atoms with Gasteiger partial charge in [0, 0.05) is 51.0 Å². The highest BCUT2D eigenvalue weighted by molar-refractivity contribution is 5.68. The Balaban J connectivity index is 1.47. The number of piperidine rings is 1. The molecule has 0 amide bonds. The molecule has 7 nitrogen and oxygen atoms in total. The predicted octanol–water partition coefficient (Wildman–Crippen LogP) is 1.93. The largest absolute Gasteiger partial charge is 0.355 e. The number of hydrogen-bond acceptors (Lipinski definition) is 6. The lowest BCUT2D eigenvalue weighted by atomic mass is 10.0. The Kier molecular flexibility index (Phi) is 3.76. The third kappa shape index (κ3) is 2.66. The van der Waals surface area contributed by atoms with E-state index < -0.39 is 0 Å². The molecule has 0 atom stereocenters. The summed E-state index contributed by atoms with van der Waals surface area (Å²) in [4.78, 5) is 18.0. The van der Waals surface area contributed by atoms with Crippen molar-refractivity contribution in [3.05, 3.63) is 42.6 Å². The third-order valence-corrected chi connectivity index (χ3v) is 4.70. The monoisotopic (exact) mass is 323 g/mol. The average molecular weight is 323 g/mol. The molecule has 4 heterocycles. The summed E-state index contributed by atoms with van der Waals surface area (Å²) in [7, 11) is 2.08. The second-order valence-corrected chi connectivity index (χ2v) is 6.30. The van der Waals surface area contributed by atoms with Gasteiger partial charge in [0.25, 0.3) is 0 Å². The van der Waals surface area contributed by atoms with E-state index in [-0.39, 0.29) is 0 Å². The summed E-state index contributed by atoms with van der Waals surface area (Å²) in [6, 6.07) is 2.47. The smallest absolute Gasteiger partial charge is 0.225 e. The third-order valence-electron chi connectivity index (χ3n) is 4.70. The number of aromatic nitrogens is 5. The molecule has 0 aliphatic carbocycles. The lowest BCUT2D eigenvalue weighted by molar-refractivity contribution is 0.475. The van der Waals surface area contributed by atoms with E-state index >= 15 is 0 Å². The zero-order chi connectivity index (χ0) is 16.5. The first-order valence-electron chi connectivity index (χ1n) is 8.27. The van der Waals surface area contributed by atoms with Crippen LogP contribution >= 0.6 is 0 Å². The van der Waals surface area contributed by atoms with Crippen LogP contribution in [0.3, 0.4) is 0 Å². The Morgan fingerprint density at radius 1 is 1.08 bits per heavy atom. The minimum atomic E-state index is 0.452. The summed E-state index contributed by atoms with van der Waals surface area (Å²) < 4.78 is 1.88. The molecule has 0 bridgehead atoms. The maximum Gasteiger partial charge on any atom is 0.225 e. The summed E-state index contributed by atoms with van der Waals surface area (Å²) in [6.45, 7) is 3.95. The number of fused-ring (bicyclic) bond motifs is 1. The van der Waals surface area contributed by atoms with Gasteiger partial charge < -0.3 is 9.80 Å². The van der Waals surface area contributed by atoms with Crippen LogP contribution in [0.2, 0.25) is 0 Å². The molecule has 0 radical (unpaired) electrons. The van der Waals surface area contributed by atoms with Crippen LogP contribution in [0.15, 0.2) is 37.1 Å². The van der Waals surface area contributed by atoms with Gasteiger partial charge in [-0.2, -0.15) is 5.10 Å². The molecule has 0 aromatic carbocycles. The van der Waals surface area contributed by atoms with E-state index in [4.69, 9.17) is 0 Å². The SMILES string of the molecule is Cc1cnc(N(C)C2CCN(c3nccn4nccc34)CC2)nc1. The van der Waals surface area contributed by atoms with Gasteiger partial charge >= 0.3 is 0 Å². The van der Waals surface area contributed by atoms with Gasteiger partial charge in [-0.3, -0.25) is 0 Å². The summed E-state index contributed by atoms with van der Waals surface area (Å²) in [5.74, 6) is 1.82. The number of anilines is 2. The lowest BCUT2D eigenvalue weighted by Gasteiger charge is -2.37. The van der Waals surface area contributed by atoms with Crippen molar-refractivity contribution in [3.63, 3.8) is 0 Å². The maximum atomic E-state index is 4.57. The quantitative estimate of drug-likeness (QED) is 0.734. The number of nitrogens with zero attached hydrogens (tertiary/aromatic N) is 7. The molecular weight excluding hydrogens is 302 g/mol. The van der Waals surface area contributed by atoms with E-state index in [2.05, 4.69) is 36.9 Å². The summed E-state index contributed by atoms with van der Waals surface area (Å²) in [6.07, 6.45) is 11.4. The van der Waals surface area contributed by atoms with Crippen LogP contribution in [-0.4, -0.2) is 50.7 Å². The van der Waals surface area contributed by atoms with Crippen molar-refractivity contribution in [1.82, 2.24) is 24.6 Å². The normalized spacial score (nSPS) is 15.8. The van der Waals surface area contributed by atoms with Crippen LogP contribution in [0.25, 0.3) is 5.52 Å². The molecule has 0 N–H and O–H groups in total. The van der Waals surface area contributed by atoms with Crippen molar-refractivity contribution in [3.8, 4) is 0 Å². The van der Waals surface area contributed by atoms with E-state index in [1.54, 1.807) is 0 Å². The van der Waals surface area contributed by atoms with E-state index in [0.29, 0.717) is 6.04 Å². The lowest BCUT2D eigenvalue weighted by Crippen LogP contribution is -2.44. The van der Waals surface area contributed by atoms with Crippen molar-refractivity contribution in [2.75, 3.05) is 29.9 Å². The summed E-state index contributed by atoms with van der Waals surface area (Å²) >= 11 is 0. The molecule has 0 saturated carbocycles. The van der Waals surface area contributed by atoms with Crippen LogP contribution in [0.1, 0.15) is 18.4 Å². The van der Waals surface area contributed by atoms with E-state index in [1.807, 2.05) is 48.5 Å². The molecule has 1 saturated heterocycles. The van der Waals surface area contributed by atoms with Gasteiger partial charge in [-0.1, -0.05) is 0 Å². The first kappa shape index (κ1) is 14.9. The fourth-order valence-electron chi connectivity index (χ4n) is 3.28. The van der Waals surface area contributed by atoms with E-state index in [0.717, 1.165) is 48.8 Å². The van der Waals surface area contributed by atoms with E-state index in [1.165, 1.54) is 0 Å². The van der Waals surface area contributed by atoms with Crippen LogP contribution in [0, 0.1) is 6.92 Å². The van der Waals surface area contributed by atoms with E-state index in [9.17, 15) is 0 Å². The summed E-state index contributed by atoms with van der Waals surface area (Å²) in [5, 5.41) is 4.29. The Morgan fingerprint density at radius 3 is 2.58 bits per heavy atom. The molecule has 24 heavy (non-hydrogen) atoms. The molecule has 0 unspecified atom stereocenters. The van der Waals surface area contributed by atoms with Crippen molar-refractivity contribution >= 4 is 17.3 Å². The molecule has 4 rings (SSSR count). The molecule has 1 aliphatic heterocycles. The first-order chi connectivity index (χ1) is 11.7. The predicted molar refractivity (Wildman–Crippen MR) is 93.4 cm³/mol. The first-order valence-corrected chi connectivity index (χ1v) is 8.27. The zero-order valence-electron chi connectivity index (χ0n) is 14.0. The Bertz CT molecular complexity index is 818. The number of rotatable bonds is 3. The molecule has 3 aromatic rings. The second-order valence-electron chi connectivity index (χ2n) is 6.30. The zero-order valence-corrected chi connectivity index (χ0v) is 14.0. The topological polar surface area (TPSA) is 62.5 Å². The van der Waals surface area contributed by atoms with Gasteiger partial charge in [0.05, 0.1) is 6.20 Å². The van der Waals surface area contributed by atoms with Crippen LogP contribution in [-0.2, 0) is 0 Å². The van der Waals surface area contributed by atoms with Crippen LogP contribution in [0.5, 0.6) is 0 Å². The Labute approximate surface area is 141 Å². The Morgan fingerprint density at radius 2 is 1.83 bits per heavy atom. The fraction of sp³-hybridized carbons (Fsp3) is 0.412. The van der Waals surface area contributed by atoms with Crippen LogP contribution < -0.4 is 9.80 Å². The van der Waals surface area contributed by atoms with Crippen molar-refractivity contribution < 1.29 is 0 Å². The summed E-state index contributed by atoms with van der Waals surface area (Å²) in [5.41, 5.74) is 2.15. The van der Waals surface area contributed by atoms with Crippen molar-refractivity contribution in [2.24, 2.45) is 0 Å². The molecule has 1 aliphatic rings. The molecule has 0 spiro atoms. The van der Waals surface area contributed by atoms with Crippen molar-refractivity contribution in [1.29, 1.82) is 0 Å². The minimum Gasteiger partial charge on any atom is -0.355 e. The van der Waals surface area contributed by atoms with Gasteiger partial charge in [0.1, 0.15) is 5.52 Å². The molecule has 124 valence electrons. The number of aryl methyl sites for hydroxylation is 1. The van der Waals surface area contributed by atoms with Gasteiger partial charge in [0.2, 0.25) is 5.95 Å². The molecule has 1 fully saturated rings. The van der Waals surface area contributed by atoms with Gasteiger partial charge in [0.15, 0.2) is 5.82 Å². The fourth-order valence-corrected chi connectivity index (χ4v) is 3.28. The number of hydrogen-bond donors (Lipinski definition) is 0. The molecule has 7 heteroatoms. The molecular formula is C17H21N7.